The number of aromatic nitrogens is 3. The number of hydrogen-bond donors (Lipinski definition) is 1. The van der Waals surface area contributed by atoms with Crippen molar-refractivity contribution in [2.24, 2.45) is 0 Å². The molecule has 1 amide bonds. The highest BCUT2D eigenvalue weighted by Gasteiger charge is 2.33. The number of methoxy groups -OCH3 is 1. The topological polar surface area (TPSA) is 80.2 Å². The number of anilines is 1. The van der Waals surface area contributed by atoms with Crippen molar-refractivity contribution in [3.63, 3.8) is 0 Å². The second-order valence-electron chi connectivity index (χ2n) is 6.77. The predicted molar refractivity (Wildman–Crippen MR) is 116 cm³/mol. The number of thiazole rings is 1. The Bertz CT molecular complexity index is 1030. The normalized spacial score (nSPS) is 16.0. The summed E-state index contributed by atoms with van der Waals surface area (Å²) in [6.07, 6.45) is 5.13. The lowest BCUT2D eigenvalue weighted by atomic mass is 10.1. The molecular weight excluding hydrogens is 473 g/mol. The first-order valence-corrected chi connectivity index (χ1v) is 11.0. The van der Waals surface area contributed by atoms with Gasteiger partial charge in [0.15, 0.2) is 5.69 Å². The summed E-state index contributed by atoms with van der Waals surface area (Å²) < 4.78 is 19.4. The minimum Gasteiger partial charge on any atom is -0.473 e. The smallest absolute Gasteiger partial charge is 0.274 e. The number of likely N-dealkylation sites (tertiary alicyclic amines) is 1. The highest BCUT2D eigenvalue weighted by atomic mass is 79.9. The molecule has 30 heavy (non-hydrogen) atoms. The molecule has 156 valence electrons. The van der Waals surface area contributed by atoms with Crippen molar-refractivity contribution < 1.29 is 13.9 Å². The quantitative estimate of drug-likeness (QED) is 0.555. The number of ether oxygens (including phenoxy) is 1. The van der Waals surface area contributed by atoms with Gasteiger partial charge in [0, 0.05) is 31.5 Å². The molecule has 1 saturated heterocycles. The Morgan fingerprint density at radius 1 is 1.33 bits per heavy atom. The Labute approximate surface area is 185 Å². The van der Waals surface area contributed by atoms with Gasteiger partial charge in [-0.1, -0.05) is 23.5 Å². The van der Waals surface area contributed by atoms with E-state index in [0.717, 1.165) is 22.9 Å². The molecule has 1 fully saturated rings. The number of nitrogens with zero attached hydrogens (tertiary/aromatic N) is 4. The second kappa shape index (κ2) is 9.05. The lowest BCUT2D eigenvalue weighted by molar-refractivity contribution is 0.0738. The van der Waals surface area contributed by atoms with Crippen LogP contribution >= 0.6 is 27.3 Å². The molecule has 4 rings (SSSR count). The van der Waals surface area contributed by atoms with E-state index in [0.29, 0.717) is 34.8 Å². The van der Waals surface area contributed by atoms with Crippen LogP contribution < -0.4 is 10.1 Å². The highest BCUT2D eigenvalue weighted by molar-refractivity contribution is 9.10. The Balaban J connectivity index is 1.54. The molecule has 1 N–H and O–H groups in total. The first-order chi connectivity index (χ1) is 14.5. The molecule has 1 atom stereocenters. The molecule has 1 aromatic carbocycles. The zero-order chi connectivity index (χ0) is 21.1. The van der Waals surface area contributed by atoms with Crippen molar-refractivity contribution in [2.75, 3.05) is 25.5 Å². The van der Waals surface area contributed by atoms with Crippen molar-refractivity contribution in [1.82, 2.24) is 19.9 Å². The first-order valence-electron chi connectivity index (χ1n) is 9.38. The van der Waals surface area contributed by atoms with Crippen molar-refractivity contribution in [3.8, 4) is 15.6 Å². The molecule has 3 aromatic rings. The van der Waals surface area contributed by atoms with Crippen molar-refractivity contribution >= 4 is 39.1 Å². The summed E-state index contributed by atoms with van der Waals surface area (Å²) >= 11 is 4.59. The summed E-state index contributed by atoms with van der Waals surface area (Å²) in [4.78, 5) is 28.7. The molecule has 0 saturated carbocycles. The number of halogens is 2. The van der Waals surface area contributed by atoms with Gasteiger partial charge in [-0.3, -0.25) is 4.79 Å². The number of carbonyl (C=O) groups excluding carboxylic acids is 1. The van der Waals surface area contributed by atoms with Gasteiger partial charge in [-0.15, -0.1) is 0 Å². The van der Waals surface area contributed by atoms with E-state index in [9.17, 15) is 9.18 Å². The summed E-state index contributed by atoms with van der Waals surface area (Å²) in [5, 5.41) is 3.60. The third-order valence-electron chi connectivity index (χ3n) is 4.85. The Kier molecular flexibility index (Phi) is 6.24. The van der Waals surface area contributed by atoms with Gasteiger partial charge >= 0.3 is 0 Å². The molecule has 0 bridgehead atoms. The van der Waals surface area contributed by atoms with Crippen LogP contribution in [0, 0.1) is 5.82 Å². The summed E-state index contributed by atoms with van der Waals surface area (Å²) in [6.45, 7) is 1.19. The molecule has 0 aliphatic carbocycles. The fourth-order valence-electron chi connectivity index (χ4n) is 3.39. The number of amides is 1. The van der Waals surface area contributed by atoms with Gasteiger partial charge in [-0.2, -0.15) is 4.98 Å². The maximum absolute atomic E-state index is 13.4. The largest absolute Gasteiger partial charge is 0.473 e. The summed E-state index contributed by atoms with van der Waals surface area (Å²) in [5.41, 5.74) is 1.06. The van der Waals surface area contributed by atoms with E-state index in [1.807, 2.05) is 4.90 Å². The summed E-state index contributed by atoms with van der Waals surface area (Å²) in [5.74, 6) is 0.0266. The Morgan fingerprint density at radius 3 is 2.77 bits per heavy atom. The molecule has 2 aromatic heterocycles. The molecule has 10 heteroatoms. The summed E-state index contributed by atoms with van der Waals surface area (Å²) in [6, 6.07) is 6.03. The van der Waals surface area contributed by atoms with Gasteiger partial charge in [-0.05, 0) is 46.5 Å². The van der Waals surface area contributed by atoms with Gasteiger partial charge in [0.2, 0.25) is 5.95 Å². The van der Waals surface area contributed by atoms with E-state index in [4.69, 9.17) is 4.74 Å². The minimum atomic E-state index is -0.330. The van der Waals surface area contributed by atoms with Crippen LogP contribution in [0.4, 0.5) is 10.3 Å². The molecule has 0 radical (unpaired) electrons. The molecule has 7 nitrogen and oxygen atoms in total. The van der Waals surface area contributed by atoms with Crippen molar-refractivity contribution in [1.29, 1.82) is 0 Å². The van der Waals surface area contributed by atoms with E-state index in [2.05, 4.69) is 36.2 Å². The van der Waals surface area contributed by atoms with Gasteiger partial charge in [0.05, 0.1) is 16.5 Å². The van der Waals surface area contributed by atoms with Gasteiger partial charge in [-0.25, -0.2) is 14.4 Å². The molecule has 0 spiro atoms. The fourth-order valence-corrected chi connectivity index (χ4v) is 4.48. The number of nitrogens with one attached hydrogen (secondary N) is 1. The molecule has 3 heterocycles. The monoisotopic (exact) mass is 491 g/mol. The van der Waals surface area contributed by atoms with E-state index in [-0.39, 0.29) is 17.8 Å². The van der Waals surface area contributed by atoms with Gasteiger partial charge in [0.25, 0.3) is 11.1 Å². The maximum atomic E-state index is 13.4. The number of benzene rings is 1. The third-order valence-corrected chi connectivity index (χ3v) is 6.32. The third kappa shape index (κ3) is 4.44. The van der Waals surface area contributed by atoms with Crippen LogP contribution in [0.25, 0.3) is 10.4 Å². The zero-order valence-corrected chi connectivity index (χ0v) is 18.5. The zero-order valence-electron chi connectivity index (χ0n) is 16.1. The Hall–Kier alpha value is -2.59. The van der Waals surface area contributed by atoms with Crippen LogP contribution in [0.3, 0.4) is 0 Å². The van der Waals surface area contributed by atoms with E-state index >= 15 is 0 Å². The van der Waals surface area contributed by atoms with Crippen LogP contribution in [0.2, 0.25) is 0 Å². The average Bonchev–Trinajstić information content (AvgIpc) is 3.40. The summed E-state index contributed by atoms with van der Waals surface area (Å²) in [7, 11) is 1.52. The van der Waals surface area contributed by atoms with Crippen LogP contribution in [-0.4, -0.2) is 52.0 Å². The number of hydrogen-bond acceptors (Lipinski definition) is 7. The van der Waals surface area contributed by atoms with Crippen LogP contribution in [0.15, 0.2) is 41.1 Å². The van der Waals surface area contributed by atoms with Crippen molar-refractivity contribution in [3.05, 3.63) is 52.6 Å². The standard InChI is InChI=1S/C20H19BrFN5O2S/c1-29-20-26-16(17(30-20)12-4-6-14(22)7-5-12)18(28)27-8-2-3-15(27)11-25-19-23-9-13(21)10-24-19/h4-7,9-10,15H,2-3,8,11H2,1H3,(H,23,24,25). The predicted octanol–water partition coefficient (Wildman–Crippen LogP) is 4.23. The highest BCUT2D eigenvalue weighted by Crippen LogP contribution is 2.36. The average molecular weight is 492 g/mol. The van der Waals surface area contributed by atoms with E-state index in [1.54, 1.807) is 24.5 Å². The Morgan fingerprint density at radius 2 is 2.07 bits per heavy atom. The van der Waals surface area contributed by atoms with Crippen molar-refractivity contribution in [2.45, 2.75) is 18.9 Å². The maximum Gasteiger partial charge on any atom is 0.274 e. The first kappa shape index (κ1) is 20.7. The minimum absolute atomic E-state index is 0.00138. The van der Waals surface area contributed by atoms with E-state index < -0.39 is 0 Å². The second-order valence-corrected chi connectivity index (χ2v) is 8.65. The van der Waals surface area contributed by atoms with Crippen LogP contribution in [0.5, 0.6) is 5.19 Å². The number of carbonyl (C=O) groups is 1. The lowest BCUT2D eigenvalue weighted by Crippen LogP contribution is -2.40. The molecule has 1 unspecified atom stereocenters. The lowest BCUT2D eigenvalue weighted by Gasteiger charge is -2.24. The number of rotatable bonds is 6. The van der Waals surface area contributed by atoms with E-state index in [1.165, 1.54) is 30.6 Å². The molecular formula is C20H19BrFN5O2S. The fraction of sp³-hybridized carbons (Fsp3) is 0.300. The molecule has 1 aliphatic rings. The SMILES string of the molecule is COc1nc(C(=O)N2CCCC2CNc2ncc(Br)cn2)c(-c2ccc(F)cc2)s1. The van der Waals surface area contributed by atoms with Gasteiger partial charge < -0.3 is 15.0 Å². The molecule has 1 aliphatic heterocycles. The van der Waals surface area contributed by atoms with Crippen LogP contribution in [0.1, 0.15) is 23.3 Å². The van der Waals surface area contributed by atoms with Gasteiger partial charge in [0.1, 0.15) is 5.82 Å². The van der Waals surface area contributed by atoms with Crippen LogP contribution in [-0.2, 0) is 0 Å².